The second-order valence-corrected chi connectivity index (χ2v) is 7.17. The summed E-state index contributed by atoms with van der Waals surface area (Å²) >= 11 is 0. The van der Waals surface area contributed by atoms with Crippen LogP contribution in [0.4, 0.5) is 4.79 Å². The van der Waals surface area contributed by atoms with Gasteiger partial charge >= 0.3 is 12.1 Å². The zero-order chi connectivity index (χ0) is 20.2. The van der Waals surface area contributed by atoms with Gasteiger partial charge in [-0.05, 0) is 39.5 Å². The molecule has 1 fully saturated rings. The molecule has 0 bridgehead atoms. The molecule has 25 heavy (non-hydrogen) atoms. The number of carboxylic acid groups (broad SMARTS) is 1. The topological polar surface area (TPSA) is 95.9 Å². The second-order valence-electron chi connectivity index (χ2n) is 7.17. The number of nitrogens with zero attached hydrogens (tertiary/aromatic N) is 1. The van der Waals surface area contributed by atoms with E-state index in [0.29, 0.717) is 19.4 Å². The Bertz CT molecular complexity index is 413. The van der Waals surface area contributed by atoms with Gasteiger partial charge in [-0.15, -0.1) is 0 Å². The van der Waals surface area contributed by atoms with Crippen molar-refractivity contribution in [3.63, 3.8) is 0 Å². The van der Waals surface area contributed by atoms with Crippen molar-refractivity contribution in [3.05, 3.63) is 0 Å². The molecule has 0 aromatic rings. The molecule has 0 aromatic carbocycles. The van der Waals surface area contributed by atoms with E-state index >= 15 is 0 Å². The molecule has 0 aliphatic carbocycles. The van der Waals surface area contributed by atoms with Crippen LogP contribution in [0.2, 0.25) is 0 Å². The number of alkyl carbamates (subject to hydrolysis) is 1. The van der Waals surface area contributed by atoms with Gasteiger partial charge in [0.05, 0.1) is 0 Å². The third-order valence-corrected chi connectivity index (χ3v) is 2.64. The van der Waals surface area contributed by atoms with E-state index in [-0.39, 0.29) is 6.54 Å². The molecule has 0 spiro atoms. The predicted molar refractivity (Wildman–Crippen MR) is 98.5 cm³/mol. The molecule has 7 nitrogen and oxygen atoms in total. The molecule has 0 radical (unpaired) electrons. The van der Waals surface area contributed by atoms with Crippen LogP contribution in [0.5, 0.6) is 0 Å². The minimum atomic E-state index is -1.01. The number of nitrogens with one attached hydrogen (secondary N) is 1. The highest BCUT2D eigenvalue weighted by Crippen LogP contribution is 2.17. The maximum absolute atomic E-state index is 11.8. The van der Waals surface area contributed by atoms with Gasteiger partial charge in [-0.1, -0.05) is 34.6 Å². The van der Waals surface area contributed by atoms with E-state index in [1.807, 2.05) is 13.8 Å². The summed E-state index contributed by atoms with van der Waals surface area (Å²) in [5.41, 5.74) is -0.635. The zero-order valence-corrected chi connectivity index (χ0v) is 17.0. The van der Waals surface area contributed by atoms with E-state index in [9.17, 15) is 14.4 Å². The summed E-state index contributed by atoms with van der Waals surface area (Å²) in [6.45, 7) is 15.8. The number of hydrogen-bond donors (Lipinski definition) is 2. The van der Waals surface area contributed by atoms with Crippen LogP contribution in [-0.4, -0.2) is 52.7 Å². The van der Waals surface area contributed by atoms with Crippen molar-refractivity contribution in [2.75, 3.05) is 13.1 Å². The third kappa shape index (κ3) is 13.2. The number of amides is 2. The normalized spacial score (nSPS) is 16.2. The van der Waals surface area contributed by atoms with Crippen molar-refractivity contribution in [1.82, 2.24) is 10.2 Å². The zero-order valence-electron chi connectivity index (χ0n) is 17.0. The summed E-state index contributed by atoms with van der Waals surface area (Å²) < 4.78 is 4.99. The van der Waals surface area contributed by atoms with Gasteiger partial charge in [0.15, 0.2) is 0 Å². The van der Waals surface area contributed by atoms with Gasteiger partial charge in [0, 0.05) is 6.54 Å². The highest BCUT2D eigenvalue weighted by Gasteiger charge is 2.33. The Kier molecular flexibility index (Phi) is 12.8. The van der Waals surface area contributed by atoms with Gasteiger partial charge < -0.3 is 20.1 Å². The van der Waals surface area contributed by atoms with Gasteiger partial charge in [0.1, 0.15) is 18.2 Å². The van der Waals surface area contributed by atoms with Crippen molar-refractivity contribution in [3.8, 4) is 0 Å². The molecule has 1 rings (SSSR count). The Morgan fingerprint density at radius 2 is 1.68 bits per heavy atom. The Morgan fingerprint density at radius 3 is 2.08 bits per heavy atom. The van der Waals surface area contributed by atoms with Gasteiger partial charge in [-0.2, -0.15) is 0 Å². The minimum Gasteiger partial charge on any atom is -0.480 e. The largest absolute Gasteiger partial charge is 0.480 e. The first kappa shape index (κ1) is 25.5. The van der Waals surface area contributed by atoms with Crippen LogP contribution in [0, 0.1) is 5.92 Å². The molecule has 1 saturated heterocycles. The van der Waals surface area contributed by atoms with Crippen molar-refractivity contribution < 1.29 is 24.2 Å². The maximum Gasteiger partial charge on any atom is 0.408 e. The van der Waals surface area contributed by atoms with Gasteiger partial charge in [-0.25, -0.2) is 9.59 Å². The fourth-order valence-electron chi connectivity index (χ4n) is 1.89. The first-order valence-electron chi connectivity index (χ1n) is 8.93. The highest BCUT2D eigenvalue weighted by atomic mass is 16.6. The number of hydrogen-bond acceptors (Lipinski definition) is 4. The monoisotopic (exact) mass is 360 g/mol. The number of carbonyl (C=O) groups excluding carboxylic acids is 2. The van der Waals surface area contributed by atoms with Crippen LogP contribution >= 0.6 is 0 Å². The Labute approximate surface area is 152 Å². The lowest BCUT2D eigenvalue weighted by molar-refractivity contribution is -0.147. The van der Waals surface area contributed by atoms with E-state index in [4.69, 9.17) is 9.84 Å². The lowest BCUT2D eigenvalue weighted by Gasteiger charge is -2.23. The van der Waals surface area contributed by atoms with Crippen molar-refractivity contribution >= 4 is 18.0 Å². The number of carboxylic acids is 1. The molecule has 1 aliphatic heterocycles. The summed E-state index contributed by atoms with van der Waals surface area (Å²) in [5.74, 6) is -0.584. The van der Waals surface area contributed by atoms with Gasteiger partial charge in [-0.3, -0.25) is 4.79 Å². The van der Waals surface area contributed by atoms with Crippen molar-refractivity contribution in [2.45, 2.75) is 79.9 Å². The second kappa shape index (κ2) is 12.6. The summed E-state index contributed by atoms with van der Waals surface area (Å²) in [7, 11) is 0. The van der Waals surface area contributed by atoms with E-state index in [1.54, 1.807) is 20.8 Å². The van der Waals surface area contributed by atoms with Crippen LogP contribution in [0.25, 0.3) is 0 Å². The third-order valence-electron chi connectivity index (χ3n) is 2.64. The fraction of sp³-hybridized carbons (Fsp3) is 0.833. The molecule has 2 N–H and O–H groups in total. The van der Waals surface area contributed by atoms with Gasteiger partial charge in [0.25, 0.3) is 0 Å². The lowest BCUT2D eigenvalue weighted by Crippen LogP contribution is -2.46. The summed E-state index contributed by atoms with van der Waals surface area (Å²) in [4.78, 5) is 35.4. The van der Waals surface area contributed by atoms with Gasteiger partial charge in [0.2, 0.25) is 5.91 Å². The summed E-state index contributed by atoms with van der Waals surface area (Å²) in [6, 6.07) is -0.784. The highest BCUT2D eigenvalue weighted by molar-refractivity contribution is 5.87. The van der Waals surface area contributed by atoms with Crippen molar-refractivity contribution in [2.24, 2.45) is 5.92 Å². The van der Waals surface area contributed by atoms with Crippen LogP contribution in [0.15, 0.2) is 0 Å². The average Bonchev–Trinajstić information content (AvgIpc) is 2.94. The fourth-order valence-corrected chi connectivity index (χ4v) is 1.89. The first-order valence-corrected chi connectivity index (χ1v) is 8.93. The molecule has 1 atom stereocenters. The number of carbonyl (C=O) groups is 3. The molecule has 7 heteroatoms. The molecule has 1 aliphatic rings. The average molecular weight is 360 g/mol. The quantitative estimate of drug-likeness (QED) is 0.805. The molecule has 148 valence electrons. The van der Waals surface area contributed by atoms with Crippen LogP contribution in [0.1, 0.15) is 68.2 Å². The van der Waals surface area contributed by atoms with Crippen LogP contribution < -0.4 is 5.32 Å². The SMILES string of the molecule is CC.CC(C)(C)OC(=O)NCC(=O)N1CCCC1C(=O)O.CC(C)C. The van der Waals surface area contributed by atoms with Crippen LogP contribution in [-0.2, 0) is 14.3 Å². The lowest BCUT2D eigenvalue weighted by atomic mass is 10.2. The Morgan fingerprint density at radius 1 is 1.20 bits per heavy atom. The van der Waals surface area contributed by atoms with E-state index < -0.39 is 29.6 Å². The number of rotatable bonds is 3. The smallest absolute Gasteiger partial charge is 0.408 e. The minimum absolute atomic E-state index is 0.251. The predicted octanol–water partition coefficient (Wildman–Crippen LogP) is 3.28. The molecular weight excluding hydrogens is 324 g/mol. The molecule has 1 unspecified atom stereocenters. The number of aliphatic carboxylic acids is 1. The van der Waals surface area contributed by atoms with E-state index in [0.717, 1.165) is 5.92 Å². The Balaban J connectivity index is 0. The molecule has 0 aromatic heterocycles. The van der Waals surface area contributed by atoms with Crippen molar-refractivity contribution in [1.29, 1.82) is 0 Å². The maximum atomic E-state index is 11.8. The summed E-state index contributed by atoms with van der Waals surface area (Å²) in [5, 5.41) is 11.3. The first-order chi connectivity index (χ1) is 11.4. The molecule has 2 amide bonds. The standard InChI is InChI=1S/C12H20N2O5.C4H10.C2H6/c1-12(2,3)19-11(18)13-7-9(15)14-6-4-5-8(14)10(16)17;1-4(2)3;1-2/h8H,4-7H2,1-3H3,(H,13,18)(H,16,17);4H,1-3H3;1-2H3. The number of ether oxygens (including phenoxy) is 1. The molecular formula is C18H36N2O5. The number of likely N-dealkylation sites (tertiary alicyclic amines) is 1. The molecule has 0 saturated carbocycles. The van der Waals surface area contributed by atoms with E-state index in [2.05, 4.69) is 26.1 Å². The Hall–Kier alpha value is -1.79. The summed E-state index contributed by atoms with van der Waals surface area (Å²) in [6.07, 6.45) is 0.426. The molecule has 1 heterocycles. The van der Waals surface area contributed by atoms with E-state index in [1.165, 1.54) is 4.90 Å². The van der Waals surface area contributed by atoms with Crippen LogP contribution in [0.3, 0.4) is 0 Å².